The molecule has 1 aliphatic rings. The molecule has 19 heavy (non-hydrogen) atoms. The Labute approximate surface area is 112 Å². The molecule has 0 spiro atoms. The van der Waals surface area contributed by atoms with Gasteiger partial charge in [-0.15, -0.1) is 0 Å². The molecule has 1 aromatic carbocycles. The lowest BCUT2D eigenvalue weighted by atomic mass is 9.94. The number of benzene rings is 1. The molecule has 0 aliphatic heterocycles. The van der Waals surface area contributed by atoms with Crippen molar-refractivity contribution in [2.24, 2.45) is 0 Å². The van der Waals surface area contributed by atoms with Crippen LogP contribution in [0, 0.1) is 5.41 Å². The Morgan fingerprint density at radius 3 is 2.74 bits per heavy atom. The summed E-state index contributed by atoms with van der Waals surface area (Å²) in [6, 6.07) is 13.9. The zero-order valence-corrected chi connectivity index (χ0v) is 10.7. The van der Waals surface area contributed by atoms with Gasteiger partial charge in [0.05, 0.1) is 5.69 Å². The fraction of sp³-hybridized carbons (Fsp3) is 0.250. The molecule has 2 aromatic rings. The fourth-order valence-corrected chi connectivity index (χ4v) is 2.33. The summed E-state index contributed by atoms with van der Waals surface area (Å²) in [5.41, 5.74) is 3.82. The number of nitrogens with zero attached hydrogens (tertiary/aromatic N) is 1. The van der Waals surface area contributed by atoms with E-state index in [1.54, 1.807) is 0 Å². The molecule has 0 radical (unpaired) electrons. The lowest BCUT2D eigenvalue weighted by molar-refractivity contribution is 0.293. The number of aryl methyl sites for hydroxylation is 1. The zero-order valence-electron chi connectivity index (χ0n) is 10.7. The van der Waals surface area contributed by atoms with Crippen LogP contribution < -0.4 is 4.74 Å². The minimum atomic E-state index is 0.532. The summed E-state index contributed by atoms with van der Waals surface area (Å²) < 4.78 is 5.71. The molecule has 96 valence electrons. The average molecular weight is 252 g/mol. The number of aromatic nitrogens is 1. The second-order valence-corrected chi connectivity index (χ2v) is 4.75. The number of hydrogen-bond acceptors (Lipinski definition) is 3. The molecule has 3 heteroatoms. The first kappa shape index (κ1) is 11.9. The zero-order chi connectivity index (χ0) is 13.1. The first-order valence-electron chi connectivity index (χ1n) is 6.57. The second-order valence-electron chi connectivity index (χ2n) is 4.75. The van der Waals surface area contributed by atoms with Gasteiger partial charge in [-0.1, -0.05) is 30.3 Å². The topological polar surface area (TPSA) is 46.0 Å². The van der Waals surface area contributed by atoms with Crippen molar-refractivity contribution in [3.63, 3.8) is 0 Å². The second kappa shape index (κ2) is 5.22. The molecule has 0 saturated heterocycles. The summed E-state index contributed by atoms with van der Waals surface area (Å²) in [6.45, 7) is 0.532. The van der Waals surface area contributed by atoms with Crippen molar-refractivity contribution >= 4 is 5.71 Å². The predicted molar refractivity (Wildman–Crippen MR) is 74.8 cm³/mol. The Kier molecular flexibility index (Phi) is 3.27. The highest BCUT2D eigenvalue weighted by atomic mass is 16.5. The van der Waals surface area contributed by atoms with Gasteiger partial charge in [-0.05, 0) is 30.9 Å². The van der Waals surface area contributed by atoms with Gasteiger partial charge in [0, 0.05) is 17.3 Å². The Morgan fingerprint density at radius 1 is 1.05 bits per heavy atom. The van der Waals surface area contributed by atoms with Gasteiger partial charge in [-0.2, -0.15) is 0 Å². The van der Waals surface area contributed by atoms with Crippen LogP contribution in [-0.2, 0) is 13.0 Å². The number of pyridine rings is 1. The molecule has 3 nitrogen and oxygen atoms in total. The Balaban J connectivity index is 1.74. The Bertz CT molecular complexity index is 593. The lowest BCUT2D eigenvalue weighted by Crippen LogP contribution is -2.13. The molecule has 0 fully saturated rings. The molecule has 0 amide bonds. The van der Waals surface area contributed by atoms with Crippen LogP contribution in [-0.4, -0.2) is 10.7 Å². The summed E-state index contributed by atoms with van der Waals surface area (Å²) in [5, 5.41) is 7.90. The molecule has 1 N–H and O–H groups in total. The van der Waals surface area contributed by atoms with Crippen molar-refractivity contribution in [3.8, 4) is 5.88 Å². The monoisotopic (exact) mass is 252 g/mol. The van der Waals surface area contributed by atoms with Gasteiger partial charge in [0.15, 0.2) is 0 Å². The summed E-state index contributed by atoms with van der Waals surface area (Å²) in [6.07, 6.45) is 2.82. The van der Waals surface area contributed by atoms with Gasteiger partial charge in [0.1, 0.15) is 6.61 Å². The molecule has 3 rings (SSSR count). The van der Waals surface area contributed by atoms with E-state index in [2.05, 4.69) is 4.98 Å². The van der Waals surface area contributed by atoms with Gasteiger partial charge < -0.3 is 10.1 Å². The van der Waals surface area contributed by atoms with Gasteiger partial charge in [0.25, 0.3) is 0 Å². The molecular weight excluding hydrogens is 236 g/mol. The molecule has 0 atom stereocenters. The van der Waals surface area contributed by atoms with Crippen LogP contribution in [0.4, 0.5) is 0 Å². The molecule has 0 saturated carbocycles. The van der Waals surface area contributed by atoms with Gasteiger partial charge in [0.2, 0.25) is 5.88 Å². The standard InChI is InChI=1S/C16H16N2O/c17-14-7-4-8-15-13(14)9-10-16(18-15)19-11-12-5-2-1-3-6-12/h1-3,5-6,9-10,17H,4,7-8,11H2. The highest BCUT2D eigenvalue weighted by Gasteiger charge is 2.15. The van der Waals surface area contributed by atoms with Crippen molar-refractivity contribution in [1.29, 1.82) is 5.41 Å². The van der Waals surface area contributed by atoms with Crippen LogP contribution in [0.25, 0.3) is 0 Å². The van der Waals surface area contributed by atoms with Crippen LogP contribution >= 0.6 is 0 Å². The normalized spacial score (nSPS) is 14.0. The summed E-state index contributed by atoms with van der Waals surface area (Å²) in [7, 11) is 0. The van der Waals surface area contributed by atoms with E-state index in [0.29, 0.717) is 18.2 Å². The van der Waals surface area contributed by atoms with E-state index < -0.39 is 0 Å². The summed E-state index contributed by atoms with van der Waals surface area (Å²) in [4.78, 5) is 4.52. The van der Waals surface area contributed by atoms with E-state index in [-0.39, 0.29) is 0 Å². The van der Waals surface area contributed by atoms with Crippen LogP contribution in [0.1, 0.15) is 29.7 Å². The summed E-state index contributed by atoms with van der Waals surface area (Å²) in [5.74, 6) is 0.650. The van der Waals surface area contributed by atoms with Crippen LogP contribution in [0.15, 0.2) is 42.5 Å². The maximum atomic E-state index is 7.90. The van der Waals surface area contributed by atoms with Crippen LogP contribution in [0.2, 0.25) is 0 Å². The first-order valence-corrected chi connectivity index (χ1v) is 6.57. The highest BCUT2D eigenvalue weighted by Crippen LogP contribution is 2.22. The number of nitrogens with one attached hydrogen (secondary N) is 1. The maximum Gasteiger partial charge on any atom is 0.213 e. The van der Waals surface area contributed by atoms with Crippen molar-refractivity contribution < 1.29 is 4.74 Å². The molecule has 1 aliphatic carbocycles. The number of rotatable bonds is 3. The number of ether oxygens (including phenoxy) is 1. The minimum absolute atomic E-state index is 0.532. The van der Waals surface area contributed by atoms with E-state index in [1.165, 1.54) is 0 Å². The van der Waals surface area contributed by atoms with Crippen LogP contribution in [0.5, 0.6) is 5.88 Å². The molecule has 1 aromatic heterocycles. The quantitative estimate of drug-likeness (QED) is 0.910. The van der Waals surface area contributed by atoms with Crippen LogP contribution in [0.3, 0.4) is 0 Å². The van der Waals surface area contributed by atoms with Crippen molar-refractivity contribution in [1.82, 2.24) is 4.98 Å². The molecular formula is C16H16N2O. The Morgan fingerprint density at radius 2 is 1.89 bits per heavy atom. The largest absolute Gasteiger partial charge is 0.473 e. The van der Waals surface area contributed by atoms with Crippen molar-refractivity contribution in [2.45, 2.75) is 25.9 Å². The smallest absolute Gasteiger partial charge is 0.213 e. The van der Waals surface area contributed by atoms with Gasteiger partial charge in [-0.3, -0.25) is 0 Å². The van der Waals surface area contributed by atoms with E-state index in [1.807, 2.05) is 42.5 Å². The SMILES string of the molecule is N=C1CCCc2nc(OCc3ccccc3)ccc21. The predicted octanol–water partition coefficient (Wildman–Crippen LogP) is 3.36. The third-order valence-electron chi connectivity index (χ3n) is 3.34. The average Bonchev–Trinajstić information content (AvgIpc) is 2.46. The lowest BCUT2D eigenvalue weighted by Gasteiger charge is -2.16. The van der Waals surface area contributed by atoms with Crippen molar-refractivity contribution in [2.75, 3.05) is 0 Å². The molecule has 0 unspecified atom stereocenters. The fourth-order valence-electron chi connectivity index (χ4n) is 2.33. The molecule has 0 bridgehead atoms. The van der Waals surface area contributed by atoms with Gasteiger partial charge >= 0.3 is 0 Å². The third-order valence-corrected chi connectivity index (χ3v) is 3.34. The van der Waals surface area contributed by atoms with E-state index >= 15 is 0 Å². The van der Waals surface area contributed by atoms with E-state index in [0.717, 1.165) is 36.1 Å². The third kappa shape index (κ3) is 2.65. The minimum Gasteiger partial charge on any atom is -0.473 e. The number of fused-ring (bicyclic) bond motifs is 1. The first-order chi connectivity index (χ1) is 9.33. The van der Waals surface area contributed by atoms with Crippen molar-refractivity contribution in [3.05, 3.63) is 59.3 Å². The van der Waals surface area contributed by atoms with Gasteiger partial charge in [-0.25, -0.2) is 4.98 Å². The maximum absolute atomic E-state index is 7.90. The van der Waals surface area contributed by atoms with E-state index in [9.17, 15) is 0 Å². The van der Waals surface area contributed by atoms with E-state index in [4.69, 9.17) is 10.1 Å². The summed E-state index contributed by atoms with van der Waals surface area (Å²) >= 11 is 0. The Hall–Kier alpha value is -2.16. The molecule has 1 heterocycles. The highest BCUT2D eigenvalue weighted by molar-refractivity contribution is 6.00. The number of hydrogen-bond donors (Lipinski definition) is 1.